The van der Waals surface area contributed by atoms with Gasteiger partial charge in [0.15, 0.2) is 5.78 Å². The summed E-state index contributed by atoms with van der Waals surface area (Å²) in [6.45, 7) is -0.323. The third-order valence-corrected chi connectivity index (χ3v) is 2.77. The van der Waals surface area contributed by atoms with Crippen molar-refractivity contribution in [2.45, 2.75) is 6.42 Å². The van der Waals surface area contributed by atoms with Gasteiger partial charge in [0.25, 0.3) is 0 Å². The first-order valence-electron chi connectivity index (χ1n) is 6.22. The fraction of sp³-hybridized carbons (Fsp3) is 0.125. The van der Waals surface area contributed by atoms with Gasteiger partial charge in [-0.05, 0) is 23.8 Å². The van der Waals surface area contributed by atoms with Gasteiger partial charge >= 0.3 is 0 Å². The number of ketones is 1. The number of rotatable bonds is 6. The van der Waals surface area contributed by atoms with Crippen LogP contribution in [-0.4, -0.2) is 18.7 Å². The number of aldehydes is 1. The molecule has 0 saturated heterocycles. The summed E-state index contributed by atoms with van der Waals surface area (Å²) in [5, 5.41) is 0. The van der Waals surface area contributed by atoms with Crippen LogP contribution in [0.25, 0.3) is 0 Å². The van der Waals surface area contributed by atoms with Crippen LogP contribution < -0.4 is 4.74 Å². The highest BCUT2D eigenvalue weighted by Crippen LogP contribution is 2.15. The Morgan fingerprint density at radius 1 is 1.14 bits per heavy atom. The smallest absolute Gasteiger partial charge is 0.174 e. The molecule has 0 amide bonds. The van der Waals surface area contributed by atoms with Crippen molar-refractivity contribution < 1.29 is 23.1 Å². The van der Waals surface area contributed by atoms with Crippen LogP contribution in [0.3, 0.4) is 0 Å². The number of carbonyl (C=O) groups is 2. The highest BCUT2D eigenvalue weighted by atomic mass is 19.1. The molecule has 2 aromatic carbocycles. The minimum absolute atomic E-state index is 0.0824. The minimum Gasteiger partial charge on any atom is -0.486 e. The summed E-state index contributed by atoms with van der Waals surface area (Å²) in [6.07, 6.45) is 0.375. The summed E-state index contributed by atoms with van der Waals surface area (Å²) in [6, 6.07) is 9.41. The molecule has 2 rings (SSSR count). The van der Waals surface area contributed by atoms with E-state index in [-0.39, 0.29) is 35.7 Å². The Labute approximate surface area is 120 Å². The van der Waals surface area contributed by atoms with E-state index in [2.05, 4.69) is 0 Å². The van der Waals surface area contributed by atoms with Gasteiger partial charge in [-0.1, -0.05) is 18.2 Å². The predicted octanol–water partition coefficient (Wildman–Crippen LogP) is 2.97. The number of hydrogen-bond acceptors (Lipinski definition) is 3. The zero-order chi connectivity index (χ0) is 15.2. The van der Waals surface area contributed by atoms with Crippen LogP contribution in [0.1, 0.15) is 15.9 Å². The quantitative estimate of drug-likeness (QED) is 0.768. The van der Waals surface area contributed by atoms with Gasteiger partial charge in [-0.3, -0.25) is 9.59 Å². The molecule has 2 aromatic rings. The van der Waals surface area contributed by atoms with E-state index in [1.807, 2.05) is 0 Å². The molecular formula is C16H12F2O3. The SMILES string of the molecule is O=Cc1cc(F)cc(OCC(=O)Cc2ccccc2F)c1. The van der Waals surface area contributed by atoms with Gasteiger partial charge in [-0.25, -0.2) is 8.78 Å². The van der Waals surface area contributed by atoms with Gasteiger partial charge < -0.3 is 4.74 Å². The zero-order valence-electron chi connectivity index (χ0n) is 11.0. The second-order valence-electron chi connectivity index (χ2n) is 4.43. The molecule has 0 atom stereocenters. The number of Topliss-reactive ketones (excluding diaryl/α,β-unsaturated/α-hetero) is 1. The molecule has 0 unspecified atom stereocenters. The van der Waals surface area contributed by atoms with Crippen molar-refractivity contribution in [2.24, 2.45) is 0 Å². The molecule has 21 heavy (non-hydrogen) atoms. The van der Waals surface area contributed by atoms with Crippen molar-refractivity contribution in [1.29, 1.82) is 0 Å². The van der Waals surface area contributed by atoms with Crippen LogP contribution >= 0.6 is 0 Å². The standard InChI is InChI=1S/C16H12F2O3/c17-13-5-11(9-19)6-15(8-13)21-10-14(20)7-12-3-1-2-4-16(12)18/h1-6,8-9H,7,10H2. The molecule has 0 aliphatic carbocycles. The number of carbonyl (C=O) groups excluding carboxylic acids is 2. The van der Waals surface area contributed by atoms with Crippen molar-refractivity contribution >= 4 is 12.1 Å². The van der Waals surface area contributed by atoms with Crippen molar-refractivity contribution in [3.8, 4) is 5.75 Å². The monoisotopic (exact) mass is 290 g/mol. The molecule has 0 saturated carbocycles. The number of halogens is 2. The van der Waals surface area contributed by atoms with E-state index in [4.69, 9.17) is 4.74 Å². The van der Waals surface area contributed by atoms with E-state index in [0.29, 0.717) is 6.29 Å². The van der Waals surface area contributed by atoms with Crippen LogP contribution in [0.15, 0.2) is 42.5 Å². The van der Waals surface area contributed by atoms with Crippen LogP contribution in [0, 0.1) is 11.6 Å². The van der Waals surface area contributed by atoms with Gasteiger partial charge in [0.1, 0.15) is 30.3 Å². The molecule has 0 aliphatic rings. The lowest BCUT2D eigenvalue weighted by molar-refractivity contribution is -0.120. The van der Waals surface area contributed by atoms with Crippen LogP contribution in [0.2, 0.25) is 0 Å². The lowest BCUT2D eigenvalue weighted by atomic mass is 10.1. The first-order chi connectivity index (χ1) is 10.1. The van der Waals surface area contributed by atoms with Crippen molar-refractivity contribution in [3.63, 3.8) is 0 Å². The summed E-state index contributed by atoms with van der Waals surface area (Å²) in [5.41, 5.74) is 0.394. The lowest BCUT2D eigenvalue weighted by Crippen LogP contribution is -2.14. The van der Waals surface area contributed by atoms with E-state index >= 15 is 0 Å². The van der Waals surface area contributed by atoms with Gasteiger partial charge in [0, 0.05) is 18.1 Å². The molecular weight excluding hydrogens is 278 g/mol. The Hall–Kier alpha value is -2.56. The van der Waals surface area contributed by atoms with E-state index in [0.717, 1.165) is 12.1 Å². The molecule has 0 aliphatic heterocycles. The maximum atomic E-state index is 13.4. The van der Waals surface area contributed by atoms with Crippen molar-refractivity contribution in [1.82, 2.24) is 0 Å². The third kappa shape index (κ3) is 4.21. The summed E-state index contributed by atoms with van der Waals surface area (Å²) < 4.78 is 31.7. The molecule has 0 radical (unpaired) electrons. The lowest BCUT2D eigenvalue weighted by Gasteiger charge is -2.07. The molecule has 3 nitrogen and oxygen atoms in total. The summed E-state index contributed by atoms with van der Waals surface area (Å²) in [7, 11) is 0. The summed E-state index contributed by atoms with van der Waals surface area (Å²) in [5.74, 6) is -1.35. The summed E-state index contributed by atoms with van der Waals surface area (Å²) in [4.78, 5) is 22.3. The Morgan fingerprint density at radius 3 is 2.62 bits per heavy atom. The van der Waals surface area contributed by atoms with Gasteiger partial charge in [0.05, 0.1) is 0 Å². The molecule has 108 valence electrons. The summed E-state index contributed by atoms with van der Waals surface area (Å²) >= 11 is 0. The van der Waals surface area contributed by atoms with Crippen molar-refractivity contribution in [2.75, 3.05) is 6.61 Å². The number of hydrogen-bond donors (Lipinski definition) is 0. The van der Waals surface area contributed by atoms with E-state index in [1.54, 1.807) is 6.07 Å². The molecule has 0 heterocycles. The molecule has 0 aromatic heterocycles. The zero-order valence-corrected chi connectivity index (χ0v) is 11.0. The average molecular weight is 290 g/mol. The normalized spacial score (nSPS) is 10.2. The topological polar surface area (TPSA) is 43.4 Å². The number of benzene rings is 2. The minimum atomic E-state index is -0.629. The van der Waals surface area contributed by atoms with E-state index < -0.39 is 11.6 Å². The first kappa shape index (κ1) is 14.8. The second-order valence-corrected chi connectivity index (χ2v) is 4.43. The van der Waals surface area contributed by atoms with Gasteiger partial charge in [0.2, 0.25) is 0 Å². The number of ether oxygens (including phenoxy) is 1. The first-order valence-corrected chi connectivity index (χ1v) is 6.22. The fourth-order valence-electron chi connectivity index (χ4n) is 1.80. The molecule has 0 bridgehead atoms. The van der Waals surface area contributed by atoms with Crippen LogP contribution in [0.5, 0.6) is 5.75 Å². The molecule has 0 N–H and O–H groups in total. The van der Waals surface area contributed by atoms with Crippen molar-refractivity contribution in [3.05, 3.63) is 65.2 Å². The Morgan fingerprint density at radius 2 is 1.90 bits per heavy atom. The Kier molecular flexibility index (Phi) is 4.77. The van der Waals surface area contributed by atoms with Crippen LogP contribution in [-0.2, 0) is 11.2 Å². The van der Waals surface area contributed by atoms with E-state index in [1.165, 1.54) is 24.3 Å². The Balaban J connectivity index is 1.97. The molecule has 0 spiro atoms. The highest BCUT2D eigenvalue weighted by molar-refractivity contribution is 5.82. The fourth-order valence-corrected chi connectivity index (χ4v) is 1.80. The maximum Gasteiger partial charge on any atom is 0.174 e. The Bertz CT molecular complexity index is 668. The predicted molar refractivity (Wildman–Crippen MR) is 72.4 cm³/mol. The molecule has 0 fully saturated rings. The molecule has 5 heteroatoms. The third-order valence-electron chi connectivity index (χ3n) is 2.77. The second kappa shape index (κ2) is 6.74. The maximum absolute atomic E-state index is 13.4. The van der Waals surface area contributed by atoms with E-state index in [9.17, 15) is 18.4 Å². The van der Waals surface area contributed by atoms with Gasteiger partial charge in [-0.15, -0.1) is 0 Å². The average Bonchev–Trinajstić information content (AvgIpc) is 2.47. The highest BCUT2D eigenvalue weighted by Gasteiger charge is 2.09. The largest absolute Gasteiger partial charge is 0.486 e. The van der Waals surface area contributed by atoms with Gasteiger partial charge in [-0.2, -0.15) is 0 Å². The van der Waals surface area contributed by atoms with Crippen LogP contribution in [0.4, 0.5) is 8.78 Å².